The molecule has 0 fully saturated rings. The molecule has 1 N–H and O–H groups in total. The highest BCUT2D eigenvalue weighted by Gasteiger charge is 2.18. The highest BCUT2D eigenvalue weighted by Crippen LogP contribution is 2.23. The molecule has 6 heteroatoms. The topological polar surface area (TPSA) is 59.9 Å². The number of rotatable bonds is 5. The number of hydrogen-bond donors (Lipinski definition) is 1. The molecule has 0 bridgehead atoms. The van der Waals surface area contributed by atoms with Crippen LogP contribution in [-0.4, -0.2) is 28.1 Å². The third-order valence-corrected chi connectivity index (χ3v) is 4.35. The van der Waals surface area contributed by atoms with Crippen molar-refractivity contribution >= 4 is 17.2 Å². The Morgan fingerprint density at radius 3 is 3.00 bits per heavy atom. The predicted octanol–water partition coefficient (Wildman–Crippen LogP) is 2.73. The SMILES string of the molecule is CCCNc1nc(Cc2nc(C)cs2)nc2c1COCC2. The Morgan fingerprint density at radius 2 is 2.24 bits per heavy atom. The first kappa shape index (κ1) is 14.4. The number of nitrogens with zero attached hydrogens (tertiary/aromatic N) is 3. The van der Waals surface area contributed by atoms with Crippen molar-refractivity contribution in [2.45, 2.75) is 39.7 Å². The van der Waals surface area contributed by atoms with E-state index in [2.05, 4.69) is 22.6 Å². The van der Waals surface area contributed by atoms with Gasteiger partial charge < -0.3 is 10.1 Å². The number of aryl methyl sites for hydroxylation is 1. The van der Waals surface area contributed by atoms with Gasteiger partial charge in [-0.3, -0.25) is 0 Å². The minimum absolute atomic E-state index is 0.609. The molecular weight excluding hydrogens is 284 g/mol. The maximum absolute atomic E-state index is 5.55. The maximum atomic E-state index is 5.55. The summed E-state index contributed by atoms with van der Waals surface area (Å²) in [4.78, 5) is 13.9. The van der Waals surface area contributed by atoms with E-state index in [1.165, 1.54) is 0 Å². The van der Waals surface area contributed by atoms with Crippen LogP contribution in [0.25, 0.3) is 0 Å². The summed E-state index contributed by atoms with van der Waals surface area (Å²) < 4.78 is 5.55. The predicted molar refractivity (Wildman–Crippen MR) is 83.8 cm³/mol. The number of hydrogen-bond acceptors (Lipinski definition) is 6. The second kappa shape index (κ2) is 6.49. The maximum Gasteiger partial charge on any atom is 0.137 e. The van der Waals surface area contributed by atoms with Crippen LogP contribution in [0.5, 0.6) is 0 Å². The van der Waals surface area contributed by atoms with Crippen LogP contribution in [-0.2, 0) is 24.2 Å². The van der Waals surface area contributed by atoms with Crippen LogP contribution in [0.15, 0.2) is 5.38 Å². The molecule has 0 unspecified atom stereocenters. The summed E-state index contributed by atoms with van der Waals surface area (Å²) in [7, 11) is 0. The van der Waals surface area contributed by atoms with E-state index in [4.69, 9.17) is 14.7 Å². The lowest BCUT2D eigenvalue weighted by atomic mass is 10.1. The molecule has 3 heterocycles. The Kier molecular flexibility index (Phi) is 4.45. The molecule has 112 valence electrons. The highest BCUT2D eigenvalue weighted by atomic mass is 32.1. The second-order valence-corrected chi connectivity index (χ2v) is 6.15. The van der Waals surface area contributed by atoms with Crippen LogP contribution >= 0.6 is 11.3 Å². The molecule has 5 nitrogen and oxygen atoms in total. The number of ether oxygens (including phenoxy) is 1. The van der Waals surface area contributed by atoms with E-state index >= 15 is 0 Å². The first-order chi connectivity index (χ1) is 10.3. The number of aromatic nitrogens is 3. The molecule has 2 aromatic rings. The summed E-state index contributed by atoms with van der Waals surface area (Å²) in [5.74, 6) is 1.79. The van der Waals surface area contributed by atoms with Gasteiger partial charge in [-0.1, -0.05) is 6.92 Å². The molecule has 0 saturated carbocycles. The summed E-state index contributed by atoms with van der Waals surface area (Å²) in [6, 6.07) is 0. The quantitative estimate of drug-likeness (QED) is 0.920. The number of anilines is 1. The van der Waals surface area contributed by atoms with Crippen LogP contribution in [0.1, 0.15) is 41.1 Å². The van der Waals surface area contributed by atoms with Gasteiger partial charge in [0.15, 0.2) is 0 Å². The molecule has 0 amide bonds. The minimum Gasteiger partial charge on any atom is -0.376 e. The number of nitrogens with one attached hydrogen (secondary N) is 1. The van der Waals surface area contributed by atoms with Crippen LogP contribution in [0.2, 0.25) is 0 Å². The van der Waals surface area contributed by atoms with Gasteiger partial charge in [-0.2, -0.15) is 0 Å². The van der Waals surface area contributed by atoms with Gasteiger partial charge >= 0.3 is 0 Å². The smallest absolute Gasteiger partial charge is 0.137 e. The molecule has 0 saturated heterocycles. The lowest BCUT2D eigenvalue weighted by molar-refractivity contribution is 0.109. The Labute approximate surface area is 128 Å². The summed E-state index contributed by atoms with van der Waals surface area (Å²) in [5.41, 5.74) is 3.30. The fraction of sp³-hybridized carbons (Fsp3) is 0.533. The average molecular weight is 304 g/mol. The van der Waals surface area contributed by atoms with Crippen molar-refractivity contribution in [3.8, 4) is 0 Å². The molecule has 0 aliphatic carbocycles. The summed E-state index contributed by atoms with van der Waals surface area (Å²) in [5, 5.41) is 6.54. The molecular formula is C15H20N4OS. The average Bonchev–Trinajstić information content (AvgIpc) is 2.90. The van der Waals surface area contributed by atoms with Gasteiger partial charge in [0, 0.05) is 29.6 Å². The Bertz CT molecular complexity index is 626. The lowest BCUT2D eigenvalue weighted by Gasteiger charge is -2.20. The Balaban J connectivity index is 1.89. The molecule has 1 aliphatic heterocycles. The van der Waals surface area contributed by atoms with Crippen molar-refractivity contribution in [2.75, 3.05) is 18.5 Å². The molecule has 1 aliphatic rings. The molecule has 0 spiro atoms. The Hall–Kier alpha value is -1.53. The van der Waals surface area contributed by atoms with E-state index in [0.717, 1.165) is 59.6 Å². The lowest BCUT2D eigenvalue weighted by Crippen LogP contribution is -2.18. The first-order valence-corrected chi connectivity index (χ1v) is 8.25. The van der Waals surface area contributed by atoms with E-state index < -0.39 is 0 Å². The van der Waals surface area contributed by atoms with Gasteiger partial charge in [-0.15, -0.1) is 11.3 Å². The minimum atomic E-state index is 0.609. The molecule has 21 heavy (non-hydrogen) atoms. The summed E-state index contributed by atoms with van der Waals surface area (Å²) in [6.45, 7) is 6.43. The van der Waals surface area contributed by atoms with E-state index in [-0.39, 0.29) is 0 Å². The number of fused-ring (bicyclic) bond motifs is 1. The van der Waals surface area contributed by atoms with E-state index in [9.17, 15) is 0 Å². The summed E-state index contributed by atoms with van der Waals surface area (Å²) in [6.07, 6.45) is 2.64. The van der Waals surface area contributed by atoms with Crippen molar-refractivity contribution in [1.82, 2.24) is 15.0 Å². The van der Waals surface area contributed by atoms with Crippen LogP contribution in [0.4, 0.5) is 5.82 Å². The zero-order valence-electron chi connectivity index (χ0n) is 12.5. The molecule has 0 aromatic carbocycles. The fourth-order valence-corrected chi connectivity index (χ4v) is 3.14. The van der Waals surface area contributed by atoms with Crippen molar-refractivity contribution in [3.63, 3.8) is 0 Å². The highest BCUT2D eigenvalue weighted by molar-refractivity contribution is 7.09. The molecule has 2 aromatic heterocycles. The van der Waals surface area contributed by atoms with Gasteiger partial charge in [-0.25, -0.2) is 15.0 Å². The van der Waals surface area contributed by atoms with E-state index in [1.807, 2.05) is 6.92 Å². The van der Waals surface area contributed by atoms with Crippen molar-refractivity contribution in [3.05, 3.63) is 33.2 Å². The fourth-order valence-electron chi connectivity index (χ4n) is 2.37. The Morgan fingerprint density at radius 1 is 1.33 bits per heavy atom. The normalized spacial score (nSPS) is 14.0. The second-order valence-electron chi connectivity index (χ2n) is 5.20. The van der Waals surface area contributed by atoms with Crippen LogP contribution in [0, 0.1) is 6.92 Å². The molecule has 0 atom stereocenters. The van der Waals surface area contributed by atoms with Gasteiger partial charge in [0.05, 0.1) is 25.3 Å². The van der Waals surface area contributed by atoms with Crippen molar-refractivity contribution in [2.24, 2.45) is 0 Å². The zero-order valence-corrected chi connectivity index (χ0v) is 13.3. The van der Waals surface area contributed by atoms with Crippen molar-refractivity contribution < 1.29 is 4.74 Å². The van der Waals surface area contributed by atoms with E-state index in [1.54, 1.807) is 11.3 Å². The zero-order chi connectivity index (χ0) is 14.7. The van der Waals surface area contributed by atoms with Gasteiger partial charge in [0.2, 0.25) is 0 Å². The van der Waals surface area contributed by atoms with Gasteiger partial charge in [-0.05, 0) is 13.3 Å². The largest absolute Gasteiger partial charge is 0.376 e. The third-order valence-electron chi connectivity index (χ3n) is 3.39. The standard InChI is InChI=1S/C15H20N4OS/c1-3-5-16-15-11-8-20-6-4-12(11)18-13(19-15)7-14-17-10(2)9-21-14/h9H,3-8H2,1-2H3,(H,16,18,19). The monoisotopic (exact) mass is 304 g/mol. The van der Waals surface area contributed by atoms with Gasteiger partial charge in [0.25, 0.3) is 0 Å². The first-order valence-electron chi connectivity index (χ1n) is 7.37. The van der Waals surface area contributed by atoms with E-state index in [0.29, 0.717) is 13.0 Å². The van der Waals surface area contributed by atoms with Crippen LogP contribution < -0.4 is 5.32 Å². The van der Waals surface area contributed by atoms with Crippen molar-refractivity contribution in [1.29, 1.82) is 0 Å². The molecule has 0 radical (unpaired) electrons. The van der Waals surface area contributed by atoms with Gasteiger partial charge in [0.1, 0.15) is 16.6 Å². The third kappa shape index (κ3) is 3.39. The number of thiazole rings is 1. The summed E-state index contributed by atoms with van der Waals surface area (Å²) >= 11 is 1.67. The molecule has 3 rings (SSSR count). The van der Waals surface area contributed by atoms with Crippen LogP contribution in [0.3, 0.4) is 0 Å².